The number of amides is 3. The SMILES string of the molecule is CCN(CC(=O)NC(=O)NCc1cccs1)Cc1ccc(Br)s1. The van der Waals surface area contributed by atoms with Crippen LogP contribution in [0.5, 0.6) is 0 Å². The normalized spacial score (nSPS) is 10.7. The van der Waals surface area contributed by atoms with Gasteiger partial charge in [-0.3, -0.25) is 15.0 Å². The molecule has 0 saturated carbocycles. The lowest BCUT2D eigenvalue weighted by Crippen LogP contribution is -2.44. The van der Waals surface area contributed by atoms with Crippen molar-refractivity contribution in [3.63, 3.8) is 0 Å². The Labute approximate surface area is 151 Å². The van der Waals surface area contributed by atoms with Crippen LogP contribution in [-0.4, -0.2) is 29.9 Å². The van der Waals surface area contributed by atoms with E-state index < -0.39 is 6.03 Å². The third kappa shape index (κ3) is 6.42. The number of likely N-dealkylation sites (N-methyl/N-ethyl adjacent to an activating group) is 1. The van der Waals surface area contributed by atoms with E-state index >= 15 is 0 Å². The van der Waals surface area contributed by atoms with E-state index in [1.165, 1.54) is 4.88 Å². The molecule has 0 aliphatic carbocycles. The van der Waals surface area contributed by atoms with Gasteiger partial charge in [0.25, 0.3) is 0 Å². The first kappa shape index (κ1) is 18.1. The Balaban J connectivity index is 1.74. The van der Waals surface area contributed by atoms with Crippen LogP contribution in [0.15, 0.2) is 33.4 Å². The van der Waals surface area contributed by atoms with Gasteiger partial charge in [0, 0.05) is 16.3 Å². The molecule has 2 heterocycles. The number of hydrogen-bond donors (Lipinski definition) is 2. The molecule has 0 unspecified atom stereocenters. The van der Waals surface area contributed by atoms with E-state index in [0.717, 1.165) is 15.2 Å². The fourth-order valence-corrected chi connectivity index (χ4v) is 4.10. The van der Waals surface area contributed by atoms with E-state index in [9.17, 15) is 9.59 Å². The van der Waals surface area contributed by atoms with Crippen molar-refractivity contribution in [3.8, 4) is 0 Å². The van der Waals surface area contributed by atoms with Gasteiger partial charge in [-0.2, -0.15) is 0 Å². The summed E-state index contributed by atoms with van der Waals surface area (Å²) in [6.45, 7) is 4.04. The summed E-state index contributed by atoms with van der Waals surface area (Å²) >= 11 is 6.64. The van der Waals surface area contributed by atoms with Crippen LogP contribution in [0.1, 0.15) is 16.7 Å². The third-order valence-corrected chi connectivity index (χ3v) is 5.56. The van der Waals surface area contributed by atoms with E-state index in [2.05, 4.69) is 26.6 Å². The molecule has 0 spiro atoms. The predicted octanol–water partition coefficient (Wildman–Crippen LogP) is 3.42. The minimum absolute atomic E-state index is 0.193. The van der Waals surface area contributed by atoms with Crippen LogP contribution < -0.4 is 10.6 Å². The molecular weight excluding hydrogens is 398 g/mol. The standard InChI is InChI=1S/C15H18BrN3O2S2/c1-2-19(9-12-5-6-13(16)23-12)10-14(20)18-15(21)17-8-11-4-3-7-22-11/h3-7H,2,8-10H2,1H3,(H2,17,18,20,21). The topological polar surface area (TPSA) is 61.4 Å². The lowest BCUT2D eigenvalue weighted by Gasteiger charge is -2.18. The van der Waals surface area contributed by atoms with Gasteiger partial charge < -0.3 is 5.32 Å². The van der Waals surface area contributed by atoms with Crippen molar-refractivity contribution < 1.29 is 9.59 Å². The zero-order chi connectivity index (χ0) is 16.7. The summed E-state index contributed by atoms with van der Waals surface area (Å²) in [4.78, 5) is 27.9. The first-order chi connectivity index (χ1) is 11.1. The maximum Gasteiger partial charge on any atom is 0.321 e. The van der Waals surface area contributed by atoms with E-state index in [1.54, 1.807) is 22.7 Å². The zero-order valence-electron chi connectivity index (χ0n) is 12.7. The minimum atomic E-state index is -0.460. The van der Waals surface area contributed by atoms with E-state index in [-0.39, 0.29) is 12.5 Å². The molecule has 0 radical (unpaired) electrons. The smallest absolute Gasteiger partial charge is 0.321 e. The molecule has 0 atom stereocenters. The maximum atomic E-state index is 12.0. The van der Waals surface area contributed by atoms with Crippen LogP contribution in [0.4, 0.5) is 4.79 Å². The highest BCUT2D eigenvalue weighted by atomic mass is 79.9. The fourth-order valence-electron chi connectivity index (χ4n) is 1.93. The predicted molar refractivity (Wildman–Crippen MR) is 97.7 cm³/mol. The molecule has 2 aromatic heterocycles. The van der Waals surface area contributed by atoms with Crippen molar-refractivity contribution in [1.29, 1.82) is 0 Å². The number of halogens is 1. The third-order valence-electron chi connectivity index (χ3n) is 3.08. The highest BCUT2D eigenvalue weighted by Gasteiger charge is 2.13. The Morgan fingerprint density at radius 2 is 2.09 bits per heavy atom. The number of thiophene rings is 2. The Hall–Kier alpha value is -1.22. The van der Waals surface area contributed by atoms with Crippen molar-refractivity contribution in [3.05, 3.63) is 43.2 Å². The number of rotatable bonds is 7. The Morgan fingerprint density at radius 3 is 2.70 bits per heavy atom. The second-order valence-electron chi connectivity index (χ2n) is 4.82. The number of carbonyl (C=O) groups is 2. The van der Waals surface area contributed by atoms with Gasteiger partial charge in [-0.1, -0.05) is 13.0 Å². The van der Waals surface area contributed by atoms with Crippen LogP contribution in [-0.2, 0) is 17.9 Å². The summed E-state index contributed by atoms with van der Waals surface area (Å²) in [5.74, 6) is -0.300. The molecule has 0 saturated heterocycles. The van der Waals surface area contributed by atoms with E-state index in [0.29, 0.717) is 13.1 Å². The quantitative estimate of drug-likeness (QED) is 0.727. The first-order valence-electron chi connectivity index (χ1n) is 7.13. The van der Waals surface area contributed by atoms with Gasteiger partial charge in [0.05, 0.1) is 16.9 Å². The molecule has 2 aromatic rings. The molecule has 2 N–H and O–H groups in total. The Kier molecular flexibility index (Phi) is 7.22. The average molecular weight is 416 g/mol. The molecule has 8 heteroatoms. The van der Waals surface area contributed by atoms with E-state index in [1.807, 2.05) is 41.5 Å². The molecule has 23 heavy (non-hydrogen) atoms. The summed E-state index contributed by atoms with van der Waals surface area (Å²) in [5.41, 5.74) is 0. The number of urea groups is 1. The van der Waals surface area contributed by atoms with Crippen molar-refractivity contribution >= 4 is 50.5 Å². The van der Waals surface area contributed by atoms with Crippen LogP contribution in [0.25, 0.3) is 0 Å². The summed E-state index contributed by atoms with van der Waals surface area (Å²) in [7, 11) is 0. The van der Waals surface area contributed by atoms with Crippen LogP contribution in [0.2, 0.25) is 0 Å². The van der Waals surface area contributed by atoms with Crippen LogP contribution in [0, 0.1) is 0 Å². The lowest BCUT2D eigenvalue weighted by molar-refractivity contribution is -0.121. The largest absolute Gasteiger partial charge is 0.333 e. The van der Waals surface area contributed by atoms with Crippen LogP contribution >= 0.6 is 38.6 Å². The van der Waals surface area contributed by atoms with Gasteiger partial charge in [-0.15, -0.1) is 22.7 Å². The summed E-state index contributed by atoms with van der Waals surface area (Å²) in [5, 5.41) is 6.99. The van der Waals surface area contributed by atoms with Gasteiger partial charge in [0.2, 0.25) is 5.91 Å². The fraction of sp³-hybridized carbons (Fsp3) is 0.333. The molecule has 3 amide bonds. The summed E-state index contributed by atoms with van der Waals surface area (Å²) < 4.78 is 1.07. The van der Waals surface area contributed by atoms with Gasteiger partial charge in [0.1, 0.15) is 0 Å². The molecule has 0 bridgehead atoms. The highest BCUT2D eigenvalue weighted by molar-refractivity contribution is 9.11. The van der Waals surface area contributed by atoms with Crippen molar-refractivity contribution in [1.82, 2.24) is 15.5 Å². The summed E-state index contributed by atoms with van der Waals surface area (Å²) in [6.07, 6.45) is 0. The number of carbonyl (C=O) groups excluding carboxylic acids is 2. The number of nitrogens with zero attached hydrogens (tertiary/aromatic N) is 1. The monoisotopic (exact) mass is 415 g/mol. The molecule has 2 rings (SSSR count). The van der Waals surface area contributed by atoms with Gasteiger partial charge in [-0.25, -0.2) is 4.79 Å². The Morgan fingerprint density at radius 1 is 1.26 bits per heavy atom. The van der Waals surface area contributed by atoms with Gasteiger partial charge in [-0.05, 0) is 46.1 Å². The molecule has 0 fully saturated rings. The maximum absolute atomic E-state index is 12.0. The van der Waals surface area contributed by atoms with Gasteiger partial charge in [0.15, 0.2) is 0 Å². The van der Waals surface area contributed by atoms with Crippen molar-refractivity contribution in [2.45, 2.75) is 20.0 Å². The molecular formula is C15H18BrN3O2S2. The van der Waals surface area contributed by atoms with Crippen molar-refractivity contribution in [2.24, 2.45) is 0 Å². The number of hydrogen-bond acceptors (Lipinski definition) is 5. The first-order valence-corrected chi connectivity index (χ1v) is 9.62. The molecule has 5 nitrogen and oxygen atoms in total. The second-order valence-corrected chi connectivity index (χ2v) is 8.40. The average Bonchev–Trinajstić information content (AvgIpc) is 3.16. The second kappa shape index (κ2) is 9.17. The lowest BCUT2D eigenvalue weighted by atomic mass is 10.4. The zero-order valence-corrected chi connectivity index (χ0v) is 15.9. The minimum Gasteiger partial charge on any atom is -0.333 e. The molecule has 0 aromatic carbocycles. The molecule has 0 aliphatic rings. The number of nitrogens with one attached hydrogen (secondary N) is 2. The number of imide groups is 1. The molecule has 124 valence electrons. The van der Waals surface area contributed by atoms with E-state index in [4.69, 9.17) is 0 Å². The van der Waals surface area contributed by atoms with Gasteiger partial charge >= 0.3 is 6.03 Å². The van der Waals surface area contributed by atoms with Crippen LogP contribution in [0.3, 0.4) is 0 Å². The highest BCUT2D eigenvalue weighted by Crippen LogP contribution is 2.23. The molecule has 0 aliphatic heterocycles. The Bertz CT molecular complexity index is 643. The van der Waals surface area contributed by atoms with Crippen molar-refractivity contribution in [2.75, 3.05) is 13.1 Å². The summed E-state index contributed by atoms with van der Waals surface area (Å²) in [6, 6.07) is 7.42.